The normalized spacial score (nSPS) is 11.5. The number of benzene rings is 3. The molecule has 4 aromatic rings. The molecule has 0 aliphatic heterocycles. The summed E-state index contributed by atoms with van der Waals surface area (Å²) >= 11 is 18.4. The molecule has 0 aliphatic carbocycles. The maximum Gasteiger partial charge on any atom is 0.287 e. The summed E-state index contributed by atoms with van der Waals surface area (Å²) in [6.07, 6.45) is 2.91. The average molecular weight is 610 g/mol. The standard InChI is InChI=1S/C31H27Cl3N4O3/c1-3-38(4-2)22-12-9-20(10-13-22)17-28(36-30(39)25-7-5-6-8-26(25)33)31(40)37-35-19-23-14-16-29(41-23)24-15-11-21(32)18-27(24)34/h5-19H,3-4H2,1-2H3,(H,36,39)(H,37,40)/b28-17+,35-19?. The summed E-state index contributed by atoms with van der Waals surface area (Å²) < 4.78 is 5.78. The van der Waals surface area contributed by atoms with E-state index >= 15 is 0 Å². The molecule has 0 radical (unpaired) electrons. The third kappa shape index (κ3) is 7.79. The fraction of sp³-hybridized carbons (Fsp3) is 0.129. The zero-order valence-electron chi connectivity index (χ0n) is 22.3. The van der Waals surface area contributed by atoms with Gasteiger partial charge in [-0.2, -0.15) is 5.10 Å². The van der Waals surface area contributed by atoms with Crippen LogP contribution >= 0.6 is 34.8 Å². The van der Waals surface area contributed by atoms with Crippen molar-refractivity contribution < 1.29 is 14.0 Å². The summed E-state index contributed by atoms with van der Waals surface area (Å²) in [5.74, 6) is -0.276. The van der Waals surface area contributed by atoms with Crippen LogP contribution in [0.1, 0.15) is 35.5 Å². The van der Waals surface area contributed by atoms with Gasteiger partial charge < -0.3 is 14.6 Å². The largest absolute Gasteiger partial charge is 0.455 e. The van der Waals surface area contributed by atoms with Crippen LogP contribution in [0.5, 0.6) is 0 Å². The first-order valence-electron chi connectivity index (χ1n) is 12.8. The minimum absolute atomic E-state index is 0.0178. The van der Waals surface area contributed by atoms with Gasteiger partial charge in [0.2, 0.25) is 0 Å². The van der Waals surface area contributed by atoms with Gasteiger partial charge in [-0.1, -0.05) is 59.1 Å². The van der Waals surface area contributed by atoms with E-state index in [1.54, 1.807) is 60.7 Å². The Kier molecular flexibility index (Phi) is 10.2. The Bertz CT molecular complexity index is 1590. The first-order chi connectivity index (χ1) is 19.8. The molecule has 10 heteroatoms. The minimum atomic E-state index is -0.637. The summed E-state index contributed by atoms with van der Waals surface area (Å²) in [6.45, 7) is 5.91. The molecule has 4 rings (SSSR count). The van der Waals surface area contributed by atoms with Crippen molar-refractivity contribution in [1.29, 1.82) is 0 Å². The lowest BCUT2D eigenvalue weighted by Crippen LogP contribution is -2.33. The first kappa shape index (κ1) is 29.9. The number of rotatable bonds is 10. The van der Waals surface area contributed by atoms with Gasteiger partial charge in [-0.15, -0.1) is 0 Å². The molecule has 1 heterocycles. The third-order valence-electron chi connectivity index (χ3n) is 6.13. The number of hydrazone groups is 1. The number of hydrogen-bond donors (Lipinski definition) is 2. The summed E-state index contributed by atoms with van der Waals surface area (Å²) in [6, 6.07) is 22.8. The second kappa shape index (κ2) is 14.0. The van der Waals surface area contributed by atoms with Gasteiger partial charge in [0.25, 0.3) is 11.8 Å². The molecule has 2 amide bonds. The van der Waals surface area contributed by atoms with Crippen LogP contribution < -0.4 is 15.6 Å². The van der Waals surface area contributed by atoms with Crippen molar-refractivity contribution in [2.45, 2.75) is 13.8 Å². The maximum absolute atomic E-state index is 13.2. The van der Waals surface area contributed by atoms with Crippen molar-refractivity contribution in [3.63, 3.8) is 0 Å². The van der Waals surface area contributed by atoms with E-state index in [1.165, 1.54) is 6.21 Å². The molecule has 2 N–H and O–H groups in total. The molecule has 41 heavy (non-hydrogen) atoms. The van der Waals surface area contributed by atoms with Gasteiger partial charge in [0, 0.05) is 29.4 Å². The molecule has 210 valence electrons. The highest BCUT2D eigenvalue weighted by Gasteiger charge is 2.17. The molecular weight excluding hydrogens is 583 g/mol. The van der Waals surface area contributed by atoms with E-state index in [9.17, 15) is 9.59 Å². The highest BCUT2D eigenvalue weighted by Crippen LogP contribution is 2.31. The molecule has 7 nitrogen and oxygen atoms in total. The van der Waals surface area contributed by atoms with Gasteiger partial charge in [0.1, 0.15) is 17.2 Å². The summed E-state index contributed by atoms with van der Waals surface area (Å²) in [4.78, 5) is 28.3. The van der Waals surface area contributed by atoms with Crippen LogP contribution in [0.3, 0.4) is 0 Å². The molecule has 0 bridgehead atoms. The van der Waals surface area contributed by atoms with E-state index in [-0.39, 0.29) is 16.3 Å². The van der Waals surface area contributed by atoms with E-state index in [2.05, 4.69) is 34.6 Å². The Balaban J connectivity index is 1.54. The molecule has 0 saturated heterocycles. The van der Waals surface area contributed by atoms with Crippen LogP contribution in [0.2, 0.25) is 15.1 Å². The molecule has 1 aromatic heterocycles. The topological polar surface area (TPSA) is 86.9 Å². The maximum atomic E-state index is 13.2. The fourth-order valence-corrected chi connectivity index (χ4v) is 4.72. The summed E-state index contributed by atoms with van der Waals surface area (Å²) in [7, 11) is 0. The molecule has 0 aliphatic rings. The highest BCUT2D eigenvalue weighted by molar-refractivity contribution is 6.36. The van der Waals surface area contributed by atoms with Crippen LogP contribution in [0.15, 0.2) is 94.1 Å². The number of amides is 2. The summed E-state index contributed by atoms with van der Waals surface area (Å²) in [5.41, 5.74) is 5.09. The SMILES string of the molecule is CCN(CC)c1ccc(/C=C(/NC(=O)c2ccccc2Cl)C(=O)NN=Cc2ccc(-c3ccc(Cl)cc3Cl)o2)cc1. The number of nitrogens with zero attached hydrogens (tertiary/aromatic N) is 2. The second-order valence-corrected chi connectivity index (χ2v) is 10.0. The van der Waals surface area contributed by atoms with E-state index in [0.717, 1.165) is 18.8 Å². The average Bonchev–Trinajstić information content (AvgIpc) is 3.42. The molecule has 0 unspecified atom stereocenters. The fourth-order valence-electron chi connectivity index (χ4n) is 4.00. The lowest BCUT2D eigenvalue weighted by molar-refractivity contribution is -0.117. The quantitative estimate of drug-likeness (QED) is 0.110. The predicted molar refractivity (Wildman–Crippen MR) is 167 cm³/mol. The predicted octanol–water partition coefficient (Wildman–Crippen LogP) is 7.67. The Hall–Kier alpha value is -4.04. The van der Waals surface area contributed by atoms with Gasteiger partial charge in [-0.05, 0) is 80.1 Å². The molecule has 0 atom stereocenters. The van der Waals surface area contributed by atoms with Gasteiger partial charge in [0.05, 0.1) is 21.8 Å². The third-order valence-corrected chi connectivity index (χ3v) is 7.00. The van der Waals surface area contributed by atoms with Gasteiger partial charge in [-0.25, -0.2) is 5.43 Å². The van der Waals surface area contributed by atoms with Crippen LogP contribution in [-0.4, -0.2) is 31.1 Å². The Morgan fingerprint density at radius 2 is 1.63 bits per heavy atom. The smallest absolute Gasteiger partial charge is 0.287 e. The molecule has 0 fully saturated rings. The Morgan fingerprint density at radius 1 is 0.902 bits per heavy atom. The van der Waals surface area contributed by atoms with Crippen molar-refractivity contribution in [3.8, 4) is 11.3 Å². The van der Waals surface area contributed by atoms with Crippen LogP contribution in [0, 0.1) is 0 Å². The lowest BCUT2D eigenvalue weighted by atomic mass is 10.1. The van der Waals surface area contributed by atoms with E-state index in [4.69, 9.17) is 39.2 Å². The van der Waals surface area contributed by atoms with Crippen LogP contribution in [-0.2, 0) is 4.79 Å². The highest BCUT2D eigenvalue weighted by atomic mass is 35.5. The van der Waals surface area contributed by atoms with Crippen LogP contribution in [0.25, 0.3) is 17.4 Å². The van der Waals surface area contributed by atoms with E-state index < -0.39 is 11.8 Å². The minimum Gasteiger partial charge on any atom is -0.455 e. The number of nitrogens with one attached hydrogen (secondary N) is 2. The Morgan fingerprint density at radius 3 is 2.32 bits per heavy atom. The molecular formula is C31H27Cl3N4O3. The van der Waals surface area contributed by atoms with Gasteiger partial charge in [0.15, 0.2) is 0 Å². The van der Waals surface area contributed by atoms with Crippen molar-refractivity contribution in [2.24, 2.45) is 5.10 Å². The van der Waals surface area contributed by atoms with Gasteiger partial charge in [-0.3, -0.25) is 9.59 Å². The lowest BCUT2D eigenvalue weighted by Gasteiger charge is -2.21. The second-order valence-electron chi connectivity index (χ2n) is 8.78. The number of furan rings is 1. The van der Waals surface area contributed by atoms with Crippen molar-refractivity contribution >= 4 is 64.6 Å². The Labute approximate surface area is 253 Å². The molecule has 0 saturated carbocycles. The number of carbonyl (C=O) groups is 2. The van der Waals surface area contributed by atoms with Crippen molar-refractivity contribution in [2.75, 3.05) is 18.0 Å². The zero-order chi connectivity index (χ0) is 29.4. The van der Waals surface area contributed by atoms with E-state index in [0.29, 0.717) is 32.7 Å². The van der Waals surface area contributed by atoms with Crippen molar-refractivity contribution in [3.05, 3.63) is 117 Å². The van der Waals surface area contributed by atoms with Crippen molar-refractivity contribution in [1.82, 2.24) is 10.7 Å². The monoisotopic (exact) mass is 608 g/mol. The first-order valence-corrected chi connectivity index (χ1v) is 13.9. The number of halogens is 3. The van der Waals surface area contributed by atoms with E-state index in [1.807, 2.05) is 24.3 Å². The number of anilines is 1. The van der Waals surface area contributed by atoms with Gasteiger partial charge >= 0.3 is 0 Å². The zero-order valence-corrected chi connectivity index (χ0v) is 24.6. The molecule has 0 spiro atoms. The van der Waals surface area contributed by atoms with Crippen LogP contribution in [0.4, 0.5) is 5.69 Å². The summed E-state index contributed by atoms with van der Waals surface area (Å²) in [5, 5.41) is 7.89. The number of hydrogen-bond acceptors (Lipinski definition) is 5. The molecule has 3 aromatic carbocycles. The number of carbonyl (C=O) groups excluding carboxylic acids is 2.